The van der Waals surface area contributed by atoms with Gasteiger partial charge < -0.3 is 0 Å². The molecule has 0 unspecified atom stereocenters. The molecule has 1 rings (SSSR count). The summed E-state index contributed by atoms with van der Waals surface area (Å²) in [7, 11) is 0. The van der Waals surface area contributed by atoms with Crippen molar-refractivity contribution in [2.24, 2.45) is 16.8 Å². The fourth-order valence-electron chi connectivity index (χ4n) is 1.16. The highest BCUT2D eigenvalue weighted by Gasteiger charge is 2.05. The molecule has 0 fully saturated rings. The van der Waals surface area contributed by atoms with Gasteiger partial charge in [-0.3, -0.25) is 0 Å². The zero-order valence-electron chi connectivity index (χ0n) is 9.32. The summed E-state index contributed by atoms with van der Waals surface area (Å²) in [4.78, 5) is 4.45. The van der Waals surface area contributed by atoms with Crippen molar-refractivity contribution in [2.75, 3.05) is 0 Å². The summed E-state index contributed by atoms with van der Waals surface area (Å²) in [6.07, 6.45) is 5.00. The second-order valence-electron chi connectivity index (χ2n) is 4.28. The minimum atomic E-state index is 0.504. The van der Waals surface area contributed by atoms with Crippen LogP contribution in [0.4, 0.5) is 5.00 Å². The molecule has 14 heavy (non-hydrogen) atoms. The molecule has 0 radical (unpaired) electrons. The normalized spacial score (nSPS) is 12.1. The molecule has 1 aromatic heterocycles. The molecular formula is C11H18N2S. The predicted molar refractivity (Wildman–Crippen MR) is 63.6 cm³/mol. The molecule has 0 saturated heterocycles. The van der Waals surface area contributed by atoms with Crippen LogP contribution in [0.5, 0.6) is 0 Å². The SMILES string of the molecule is CC(C)/C=N/c1sncc1CC(C)C. The molecule has 0 N–H and O–H groups in total. The topological polar surface area (TPSA) is 25.2 Å². The van der Waals surface area contributed by atoms with Gasteiger partial charge >= 0.3 is 0 Å². The Balaban J connectivity index is 2.72. The summed E-state index contributed by atoms with van der Waals surface area (Å²) in [5.41, 5.74) is 1.28. The maximum atomic E-state index is 4.45. The zero-order valence-corrected chi connectivity index (χ0v) is 10.1. The van der Waals surface area contributed by atoms with Crippen LogP contribution in [-0.2, 0) is 6.42 Å². The van der Waals surface area contributed by atoms with E-state index in [2.05, 4.69) is 37.1 Å². The van der Waals surface area contributed by atoms with Crippen LogP contribution in [0, 0.1) is 11.8 Å². The number of nitrogens with zero attached hydrogens (tertiary/aromatic N) is 2. The van der Waals surface area contributed by atoms with E-state index in [9.17, 15) is 0 Å². The zero-order chi connectivity index (χ0) is 10.6. The summed E-state index contributed by atoms with van der Waals surface area (Å²) >= 11 is 1.49. The number of aromatic nitrogens is 1. The van der Waals surface area contributed by atoms with Gasteiger partial charge in [0.05, 0.1) is 0 Å². The first kappa shape index (κ1) is 11.4. The maximum Gasteiger partial charge on any atom is 0.138 e. The number of aliphatic imine (C=N–C) groups is 1. The summed E-state index contributed by atoms with van der Waals surface area (Å²) in [6.45, 7) is 8.69. The van der Waals surface area contributed by atoms with Gasteiger partial charge in [-0.1, -0.05) is 27.7 Å². The first-order valence-electron chi connectivity index (χ1n) is 5.07. The molecule has 0 aliphatic rings. The molecule has 0 spiro atoms. The van der Waals surface area contributed by atoms with Crippen molar-refractivity contribution in [3.8, 4) is 0 Å². The van der Waals surface area contributed by atoms with Gasteiger partial charge in [-0.25, -0.2) is 4.99 Å². The van der Waals surface area contributed by atoms with Crippen molar-refractivity contribution >= 4 is 22.7 Å². The molecule has 1 aromatic rings. The molecule has 0 aromatic carbocycles. The van der Waals surface area contributed by atoms with E-state index in [1.807, 2.05) is 12.4 Å². The van der Waals surface area contributed by atoms with Gasteiger partial charge in [0.25, 0.3) is 0 Å². The molecule has 2 nitrogen and oxygen atoms in total. The third-order valence-corrected chi connectivity index (χ3v) is 2.49. The highest BCUT2D eigenvalue weighted by Crippen LogP contribution is 2.26. The Hall–Kier alpha value is -0.700. The lowest BCUT2D eigenvalue weighted by atomic mass is 10.1. The van der Waals surface area contributed by atoms with E-state index in [1.54, 1.807) is 0 Å². The van der Waals surface area contributed by atoms with Crippen LogP contribution >= 0.6 is 11.5 Å². The van der Waals surface area contributed by atoms with Gasteiger partial charge in [0, 0.05) is 18.0 Å². The van der Waals surface area contributed by atoms with E-state index >= 15 is 0 Å². The van der Waals surface area contributed by atoms with E-state index in [4.69, 9.17) is 0 Å². The second kappa shape index (κ2) is 5.25. The Morgan fingerprint density at radius 1 is 1.43 bits per heavy atom. The lowest BCUT2D eigenvalue weighted by Crippen LogP contribution is -1.92. The summed E-state index contributed by atoms with van der Waals surface area (Å²) in [5, 5.41) is 1.08. The fourth-order valence-corrected chi connectivity index (χ4v) is 1.80. The van der Waals surface area contributed by atoms with Crippen LogP contribution < -0.4 is 0 Å². The van der Waals surface area contributed by atoms with E-state index < -0.39 is 0 Å². The van der Waals surface area contributed by atoms with Crippen LogP contribution in [-0.4, -0.2) is 10.6 Å². The van der Waals surface area contributed by atoms with Crippen molar-refractivity contribution in [1.82, 2.24) is 4.37 Å². The smallest absolute Gasteiger partial charge is 0.138 e. The van der Waals surface area contributed by atoms with E-state index in [0.29, 0.717) is 11.8 Å². The quantitative estimate of drug-likeness (QED) is 0.696. The van der Waals surface area contributed by atoms with Gasteiger partial charge in [-0.2, -0.15) is 4.37 Å². The highest BCUT2D eigenvalue weighted by molar-refractivity contribution is 7.10. The van der Waals surface area contributed by atoms with E-state index in [1.165, 1.54) is 17.1 Å². The molecular weight excluding hydrogens is 192 g/mol. The molecule has 0 amide bonds. The fraction of sp³-hybridized carbons (Fsp3) is 0.636. The highest BCUT2D eigenvalue weighted by atomic mass is 32.1. The van der Waals surface area contributed by atoms with Gasteiger partial charge in [0.2, 0.25) is 0 Å². The van der Waals surface area contributed by atoms with Crippen LogP contribution in [0.25, 0.3) is 0 Å². The number of hydrogen-bond acceptors (Lipinski definition) is 3. The molecule has 0 aliphatic carbocycles. The average molecular weight is 210 g/mol. The molecule has 3 heteroatoms. The predicted octanol–water partition coefficient (Wildman–Crippen LogP) is 3.70. The first-order valence-corrected chi connectivity index (χ1v) is 5.84. The summed E-state index contributed by atoms with van der Waals surface area (Å²) < 4.78 is 4.18. The Morgan fingerprint density at radius 3 is 2.71 bits per heavy atom. The van der Waals surface area contributed by atoms with Crippen LogP contribution in [0.15, 0.2) is 11.2 Å². The molecule has 78 valence electrons. The lowest BCUT2D eigenvalue weighted by molar-refractivity contribution is 0.648. The van der Waals surface area contributed by atoms with Crippen LogP contribution in [0.1, 0.15) is 33.3 Å². The minimum absolute atomic E-state index is 0.504. The van der Waals surface area contributed by atoms with Gasteiger partial charge in [0.15, 0.2) is 0 Å². The monoisotopic (exact) mass is 210 g/mol. The third-order valence-electron chi connectivity index (χ3n) is 1.74. The second-order valence-corrected chi connectivity index (χ2v) is 5.06. The van der Waals surface area contributed by atoms with Crippen LogP contribution in [0.2, 0.25) is 0 Å². The van der Waals surface area contributed by atoms with E-state index in [-0.39, 0.29) is 0 Å². The van der Waals surface area contributed by atoms with Gasteiger partial charge in [-0.05, 0) is 29.8 Å². The van der Waals surface area contributed by atoms with Gasteiger partial charge in [-0.15, -0.1) is 0 Å². The Morgan fingerprint density at radius 2 is 2.14 bits per heavy atom. The van der Waals surface area contributed by atoms with Crippen LogP contribution in [0.3, 0.4) is 0 Å². The lowest BCUT2D eigenvalue weighted by Gasteiger charge is -2.02. The van der Waals surface area contributed by atoms with Crippen molar-refractivity contribution in [1.29, 1.82) is 0 Å². The molecule has 1 heterocycles. The molecule has 0 atom stereocenters. The summed E-state index contributed by atoms with van der Waals surface area (Å²) in [6, 6.07) is 0. The minimum Gasteiger partial charge on any atom is -0.248 e. The standard InChI is InChI=1S/C11H18N2S/c1-8(2)5-10-7-13-14-11(10)12-6-9(3)4/h6-9H,5H2,1-4H3/b12-6+. The first-order chi connectivity index (χ1) is 6.59. The maximum absolute atomic E-state index is 4.45. The molecule has 0 saturated carbocycles. The van der Waals surface area contributed by atoms with Crippen molar-refractivity contribution in [2.45, 2.75) is 34.1 Å². The largest absolute Gasteiger partial charge is 0.248 e. The Kier molecular flexibility index (Phi) is 4.26. The Bertz CT molecular complexity index is 300. The Labute approximate surface area is 90.2 Å². The average Bonchev–Trinajstić information content (AvgIpc) is 2.47. The number of hydrogen-bond donors (Lipinski definition) is 0. The summed E-state index contributed by atoms with van der Waals surface area (Å²) in [5.74, 6) is 1.17. The van der Waals surface area contributed by atoms with Gasteiger partial charge in [0.1, 0.15) is 5.00 Å². The van der Waals surface area contributed by atoms with E-state index in [0.717, 1.165) is 11.4 Å². The van der Waals surface area contributed by atoms with Crippen molar-refractivity contribution in [3.05, 3.63) is 11.8 Å². The number of rotatable bonds is 4. The molecule has 0 bridgehead atoms. The molecule has 0 aliphatic heterocycles. The third kappa shape index (κ3) is 3.58. The van der Waals surface area contributed by atoms with Crippen molar-refractivity contribution < 1.29 is 0 Å². The van der Waals surface area contributed by atoms with Crippen molar-refractivity contribution in [3.63, 3.8) is 0 Å².